The fourth-order valence-electron chi connectivity index (χ4n) is 3.17. The van der Waals surface area contributed by atoms with E-state index < -0.39 is 10.8 Å². The number of hydrogen-bond acceptors (Lipinski definition) is 5. The first-order valence-corrected chi connectivity index (χ1v) is 7.42. The summed E-state index contributed by atoms with van der Waals surface area (Å²) in [5, 5.41) is 11.4. The van der Waals surface area contributed by atoms with E-state index in [-0.39, 0.29) is 34.9 Å². The smallest absolute Gasteiger partial charge is 0.270 e. The molecule has 0 aromatic heterocycles. The number of nitrogens with zero attached hydrogens (tertiary/aromatic N) is 2. The lowest BCUT2D eigenvalue weighted by Crippen LogP contribution is -2.46. The Morgan fingerprint density at radius 2 is 1.61 bits per heavy atom. The maximum atomic E-state index is 12.3. The summed E-state index contributed by atoms with van der Waals surface area (Å²) in [7, 11) is 0. The maximum absolute atomic E-state index is 12.3. The number of nitro benzene ring substituents is 1. The van der Waals surface area contributed by atoms with Crippen LogP contribution < -0.4 is 5.43 Å². The van der Waals surface area contributed by atoms with E-state index in [0.29, 0.717) is 12.8 Å². The van der Waals surface area contributed by atoms with Crippen molar-refractivity contribution in [1.29, 1.82) is 0 Å². The molecule has 1 aromatic rings. The van der Waals surface area contributed by atoms with Gasteiger partial charge in [-0.3, -0.25) is 29.9 Å². The second-order valence-electron chi connectivity index (χ2n) is 5.75. The molecule has 1 N–H and O–H groups in total. The van der Waals surface area contributed by atoms with E-state index in [0.717, 1.165) is 17.9 Å². The SMILES string of the molecule is O=C(NN1C(=O)[C@H]2CCCC[C@@H]2C1=O)c1ccc([N+](=O)[O-])cc1. The largest absolute Gasteiger partial charge is 0.272 e. The summed E-state index contributed by atoms with van der Waals surface area (Å²) in [5.74, 6) is -2.05. The standard InChI is InChI=1S/C15H15N3O5/c19-13(9-5-7-10(8-6-9)18(22)23)16-17-14(20)11-3-1-2-4-12(11)15(17)21/h5-8,11-12H,1-4H2,(H,16,19)/t11-,12-/m0/s1. The lowest BCUT2D eigenvalue weighted by atomic mass is 9.81. The number of amides is 3. The quantitative estimate of drug-likeness (QED) is 0.515. The molecule has 0 unspecified atom stereocenters. The number of nitro groups is 1. The Bertz CT molecular complexity index is 661. The molecular weight excluding hydrogens is 302 g/mol. The third-order valence-corrected chi connectivity index (χ3v) is 4.39. The molecule has 2 atom stereocenters. The van der Waals surface area contributed by atoms with Crippen molar-refractivity contribution in [2.75, 3.05) is 0 Å². The second kappa shape index (κ2) is 5.79. The molecule has 8 heteroatoms. The van der Waals surface area contributed by atoms with E-state index in [9.17, 15) is 24.5 Å². The highest BCUT2D eigenvalue weighted by Crippen LogP contribution is 2.37. The van der Waals surface area contributed by atoms with Crippen molar-refractivity contribution < 1.29 is 19.3 Å². The van der Waals surface area contributed by atoms with Crippen LogP contribution in [0.25, 0.3) is 0 Å². The number of carbonyl (C=O) groups excluding carboxylic acids is 3. The van der Waals surface area contributed by atoms with Gasteiger partial charge >= 0.3 is 0 Å². The molecule has 1 heterocycles. The first-order valence-electron chi connectivity index (χ1n) is 7.42. The normalized spacial score (nSPS) is 23.6. The van der Waals surface area contributed by atoms with Gasteiger partial charge in [0.15, 0.2) is 0 Å². The molecule has 0 radical (unpaired) electrons. The van der Waals surface area contributed by atoms with Crippen molar-refractivity contribution in [2.24, 2.45) is 11.8 Å². The molecule has 120 valence electrons. The summed E-state index contributed by atoms with van der Waals surface area (Å²) in [6.07, 6.45) is 3.15. The molecule has 1 aromatic carbocycles. The van der Waals surface area contributed by atoms with Crippen molar-refractivity contribution in [3.8, 4) is 0 Å². The summed E-state index contributed by atoms with van der Waals surface area (Å²) in [6.45, 7) is 0. The number of carbonyl (C=O) groups is 3. The third-order valence-electron chi connectivity index (χ3n) is 4.39. The molecule has 1 aliphatic heterocycles. The average Bonchev–Trinajstić information content (AvgIpc) is 2.80. The van der Waals surface area contributed by atoms with E-state index in [4.69, 9.17) is 0 Å². The third kappa shape index (κ3) is 2.67. The van der Waals surface area contributed by atoms with Gasteiger partial charge < -0.3 is 0 Å². The van der Waals surface area contributed by atoms with Crippen molar-refractivity contribution in [2.45, 2.75) is 25.7 Å². The zero-order valence-electron chi connectivity index (χ0n) is 12.2. The van der Waals surface area contributed by atoms with Crippen LogP contribution in [-0.2, 0) is 9.59 Å². The van der Waals surface area contributed by atoms with Crippen LogP contribution in [0.2, 0.25) is 0 Å². The number of fused-ring (bicyclic) bond motifs is 1. The van der Waals surface area contributed by atoms with Crippen LogP contribution >= 0.6 is 0 Å². The molecule has 23 heavy (non-hydrogen) atoms. The molecule has 0 spiro atoms. The Hall–Kier alpha value is -2.77. The van der Waals surface area contributed by atoms with Crippen molar-refractivity contribution >= 4 is 23.4 Å². The molecule has 1 saturated carbocycles. The number of hydrazine groups is 1. The number of non-ortho nitro benzene ring substituents is 1. The summed E-state index contributed by atoms with van der Waals surface area (Å²) < 4.78 is 0. The van der Waals surface area contributed by atoms with Crippen LogP contribution in [0.5, 0.6) is 0 Å². The van der Waals surface area contributed by atoms with Gasteiger partial charge in [-0.2, -0.15) is 5.01 Å². The summed E-state index contributed by atoms with van der Waals surface area (Å²) >= 11 is 0. The summed E-state index contributed by atoms with van der Waals surface area (Å²) in [4.78, 5) is 46.7. The molecule has 3 rings (SSSR count). The lowest BCUT2D eigenvalue weighted by Gasteiger charge is -2.19. The van der Waals surface area contributed by atoms with Crippen LogP contribution in [0.1, 0.15) is 36.0 Å². The van der Waals surface area contributed by atoms with Gasteiger partial charge in [0.1, 0.15) is 0 Å². The minimum absolute atomic E-state index is 0.138. The van der Waals surface area contributed by atoms with Crippen LogP contribution in [0.4, 0.5) is 5.69 Å². The molecule has 3 amide bonds. The highest BCUT2D eigenvalue weighted by Gasteiger charge is 2.49. The molecular formula is C15H15N3O5. The van der Waals surface area contributed by atoms with Crippen LogP contribution in [-0.4, -0.2) is 27.7 Å². The molecule has 1 saturated heterocycles. The number of imide groups is 1. The molecule has 0 bridgehead atoms. The van der Waals surface area contributed by atoms with Crippen LogP contribution in [0, 0.1) is 22.0 Å². The van der Waals surface area contributed by atoms with Gasteiger partial charge in [0.25, 0.3) is 23.4 Å². The lowest BCUT2D eigenvalue weighted by molar-refractivity contribution is -0.384. The molecule has 2 fully saturated rings. The Morgan fingerprint density at radius 3 is 2.09 bits per heavy atom. The van der Waals surface area contributed by atoms with E-state index >= 15 is 0 Å². The fraction of sp³-hybridized carbons (Fsp3) is 0.400. The van der Waals surface area contributed by atoms with E-state index in [1.54, 1.807) is 0 Å². The predicted octanol–water partition coefficient (Wildman–Crippen LogP) is 1.41. The van der Waals surface area contributed by atoms with E-state index in [1.165, 1.54) is 24.3 Å². The first kappa shape index (κ1) is 15.1. The fourth-order valence-corrected chi connectivity index (χ4v) is 3.17. The topological polar surface area (TPSA) is 110 Å². The van der Waals surface area contributed by atoms with Crippen LogP contribution in [0.15, 0.2) is 24.3 Å². The number of nitrogens with one attached hydrogen (secondary N) is 1. The predicted molar refractivity (Wildman–Crippen MR) is 77.9 cm³/mol. The van der Waals surface area contributed by atoms with Gasteiger partial charge in [0.05, 0.1) is 16.8 Å². The van der Waals surface area contributed by atoms with Crippen molar-refractivity contribution in [3.63, 3.8) is 0 Å². The maximum Gasteiger partial charge on any atom is 0.270 e. The Kier molecular flexibility index (Phi) is 3.81. The number of benzene rings is 1. The highest BCUT2D eigenvalue weighted by atomic mass is 16.6. The monoisotopic (exact) mass is 317 g/mol. The summed E-state index contributed by atoms with van der Waals surface area (Å²) in [6, 6.07) is 4.96. The van der Waals surface area contributed by atoms with Gasteiger partial charge in [-0.05, 0) is 25.0 Å². The van der Waals surface area contributed by atoms with E-state index in [1.807, 2.05) is 0 Å². The Labute approximate surface area is 131 Å². The minimum atomic E-state index is -0.639. The van der Waals surface area contributed by atoms with Crippen molar-refractivity contribution in [1.82, 2.24) is 10.4 Å². The van der Waals surface area contributed by atoms with E-state index in [2.05, 4.69) is 5.43 Å². The summed E-state index contributed by atoms with van der Waals surface area (Å²) in [5.41, 5.74) is 2.33. The first-order chi connectivity index (χ1) is 11.0. The highest BCUT2D eigenvalue weighted by molar-refractivity contribution is 6.07. The van der Waals surface area contributed by atoms with Gasteiger partial charge in [-0.1, -0.05) is 12.8 Å². The Balaban J connectivity index is 1.73. The molecule has 8 nitrogen and oxygen atoms in total. The minimum Gasteiger partial charge on any atom is -0.272 e. The average molecular weight is 317 g/mol. The van der Waals surface area contributed by atoms with Gasteiger partial charge in [-0.15, -0.1) is 0 Å². The number of hydrogen-bond donors (Lipinski definition) is 1. The molecule has 1 aliphatic carbocycles. The zero-order valence-corrected chi connectivity index (χ0v) is 12.2. The van der Waals surface area contributed by atoms with Crippen LogP contribution in [0.3, 0.4) is 0 Å². The second-order valence-corrected chi connectivity index (χ2v) is 5.75. The zero-order chi connectivity index (χ0) is 16.6. The number of rotatable bonds is 3. The van der Waals surface area contributed by atoms with Gasteiger partial charge in [0, 0.05) is 17.7 Å². The van der Waals surface area contributed by atoms with Crippen molar-refractivity contribution in [3.05, 3.63) is 39.9 Å². The molecule has 2 aliphatic rings. The van der Waals surface area contributed by atoms with Gasteiger partial charge in [0.2, 0.25) is 0 Å². The Morgan fingerprint density at radius 1 is 1.09 bits per heavy atom. The van der Waals surface area contributed by atoms with Gasteiger partial charge in [-0.25, -0.2) is 0 Å².